The number of fused-ring (bicyclic) bond motifs is 2. The molecule has 0 radical (unpaired) electrons. The molecule has 2 aliphatic rings. The molecule has 2 N–H and O–H groups in total. The lowest BCUT2D eigenvalue weighted by molar-refractivity contribution is -0.131. The van der Waals surface area contributed by atoms with E-state index in [-0.39, 0.29) is 24.1 Å². The number of benzene rings is 1. The lowest BCUT2D eigenvalue weighted by Gasteiger charge is -2.33. The number of Topliss-reactive ketones (excluding diaryl/α,β-unsaturated/α-hetero) is 1. The Labute approximate surface area is 172 Å². The Balaban J connectivity index is 1.52. The third-order valence-corrected chi connectivity index (χ3v) is 6.53. The molecule has 4 rings (SSSR count). The smallest absolute Gasteiger partial charge is 0.325 e. The molecule has 1 fully saturated rings. The van der Waals surface area contributed by atoms with Gasteiger partial charge in [0.25, 0.3) is 5.91 Å². The molecule has 1 aromatic heterocycles. The number of nitrogens with zero attached hydrogens (tertiary/aromatic N) is 1. The quantitative estimate of drug-likeness (QED) is 0.583. The van der Waals surface area contributed by atoms with E-state index in [2.05, 4.69) is 10.6 Å². The van der Waals surface area contributed by atoms with Crippen LogP contribution in [0.15, 0.2) is 36.4 Å². The Morgan fingerprint density at radius 2 is 2.00 bits per heavy atom. The monoisotopic (exact) mass is 411 g/mol. The maximum absolute atomic E-state index is 13.3. The lowest BCUT2D eigenvalue weighted by atomic mass is 9.76. The van der Waals surface area contributed by atoms with Crippen LogP contribution in [0.5, 0.6) is 0 Å². The van der Waals surface area contributed by atoms with Crippen molar-refractivity contribution in [3.8, 4) is 0 Å². The Kier molecular flexibility index (Phi) is 4.96. The summed E-state index contributed by atoms with van der Waals surface area (Å²) < 4.78 is 0. The van der Waals surface area contributed by atoms with Crippen LogP contribution >= 0.6 is 11.3 Å². The number of imide groups is 1. The molecule has 2 heterocycles. The number of carbonyl (C=O) groups excluding carboxylic acids is 4. The maximum atomic E-state index is 13.3. The lowest BCUT2D eigenvalue weighted by Crippen LogP contribution is -2.46. The molecule has 1 spiro atoms. The summed E-state index contributed by atoms with van der Waals surface area (Å²) in [7, 11) is 0. The molecule has 7 nitrogen and oxygen atoms in total. The van der Waals surface area contributed by atoms with E-state index in [9.17, 15) is 19.2 Å². The molecule has 29 heavy (non-hydrogen) atoms. The van der Waals surface area contributed by atoms with Crippen LogP contribution in [-0.4, -0.2) is 35.1 Å². The van der Waals surface area contributed by atoms with Crippen molar-refractivity contribution < 1.29 is 19.2 Å². The molecule has 1 aromatic carbocycles. The van der Waals surface area contributed by atoms with Gasteiger partial charge in [-0.3, -0.25) is 19.3 Å². The van der Waals surface area contributed by atoms with Crippen molar-refractivity contribution in [1.29, 1.82) is 0 Å². The van der Waals surface area contributed by atoms with Crippen LogP contribution in [0.3, 0.4) is 0 Å². The minimum Gasteiger partial charge on any atom is -0.351 e. The molecule has 150 valence electrons. The normalized spacial score (nSPS) is 20.5. The summed E-state index contributed by atoms with van der Waals surface area (Å²) in [5.74, 6) is -0.810. The molecule has 4 amide bonds. The second-order valence-corrected chi connectivity index (χ2v) is 8.50. The molecule has 0 unspecified atom stereocenters. The Morgan fingerprint density at radius 3 is 2.79 bits per heavy atom. The number of hydrogen-bond donors (Lipinski definition) is 2. The number of hydrogen-bond acceptors (Lipinski definition) is 5. The number of ketones is 1. The first kappa shape index (κ1) is 19.3. The van der Waals surface area contributed by atoms with Crippen LogP contribution in [0.1, 0.15) is 45.4 Å². The van der Waals surface area contributed by atoms with Gasteiger partial charge in [0.05, 0.1) is 18.0 Å². The third kappa shape index (κ3) is 3.44. The van der Waals surface area contributed by atoms with E-state index in [1.165, 1.54) is 18.3 Å². The highest BCUT2D eigenvalue weighted by Crippen LogP contribution is 2.39. The summed E-state index contributed by atoms with van der Waals surface area (Å²) >= 11 is 1.25. The molecule has 8 heteroatoms. The summed E-state index contributed by atoms with van der Waals surface area (Å²) in [5.41, 5.74) is 0.813. The molecule has 1 saturated heterocycles. The molecular weight excluding hydrogens is 390 g/mol. The van der Waals surface area contributed by atoms with Crippen LogP contribution in [0.2, 0.25) is 0 Å². The van der Waals surface area contributed by atoms with Crippen molar-refractivity contribution in [2.45, 2.75) is 38.3 Å². The first-order chi connectivity index (χ1) is 13.9. The van der Waals surface area contributed by atoms with Gasteiger partial charge in [0, 0.05) is 11.8 Å². The van der Waals surface area contributed by atoms with Crippen molar-refractivity contribution >= 4 is 35.0 Å². The number of amides is 4. The molecule has 0 bridgehead atoms. The Morgan fingerprint density at radius 1 is 1.21 bits per heavy atom. The number of nitrogens with one attached hydrogen (secondary N) is 2. The number of thiophene rings is 1. The van der Waals surface area contributed by atoms with Gasteiger partial charge in [-0.25, -0.2) is 4.79 Å². The van der Waals surface area contributed by atoms with Crippen LogP contribution in [0.25, 0.3) is 0 Å². The van der Waals surface area contributed by atoms with Crippen molar-refractivity contribution in [1.82, 2.24) is 15.5 Å². The van der Waals surface area contributed by atoms with Gasteiger partial charge < -0.3 is 10.6 Å². The second kappa shape index (κ2) is 7.44. The Hall–Kier alpha value is -3.00. The highest BCUT2D eigenvalue weighted by atomic mass is 32.1. The topological polar surface area (TPSA) is 95.6 Å². The predicted octanol–water partition coefficient (Wildman–Crippen LogP) is 2.35. The zero-order valence-electron chi connectivity index (χ0n) is 16.0. The van der Waals surface area contributed by atoms with Gasteiger partial charge >= 0.3 is 6.03 Å². The number of aryl methyl sites for hydroxylation is 1. The minimum absolute atomic E-state index is 0.149. The SMILES string of the molecule is CC(=O)NCc1ccc(C(=O)CN2C(=O)N[C@@]3(CCCc4ccccc43)C2=O)s1. The van der Waals surface area contributed by atoms with Crippen LogP contribution < -0.4 is 10.6 Å². The van der Waals surface area contributed by atoms with E-state index in [1.807, 2.05) is 24.3 Å². The van der Waals surface area contributed by atoms with Crippen LogP contribution in [-0.2, 0) is 28.1 Å². The molecule has 1 aliphatic heterocycles. The van der Waals surface area contributed by atoms with E-state index in [0.29, 0.717) is 17.8 Å². The molecule has 1 aliphatic carbocycles. The van der Waals surface area contributed by atoms with Crippen molar-refractivity contribution in [3.63, 3.8) is 0 Å². The van der Waals surface area contributed by atoms with Crippen molar-refractivity contribution in [2.24, 2.45) is 0 Å². The van der Waals surface area contributed by atoms with Gasteiger partial charge in [0.15, 0.2) is 5.78 Å². The standard InChI is InChI=1S/C21H21N3O4S/c1-13(25)22-11-15-8-9-18(29-15)17(26)12-24-19(27)21(23-20(24)28)10-4-6-14-5-2-3-7-16(14)21/h2-3,5,7-9H,4,6,10-12H2,1H3,(H,22,25)(H,23,28)/t21-/m1/s1. The fourth-order valence-electron chi connectivity index (χ4n) is 4.01. The molecule has 0 saturated carbocycles. The van der Waals surface area contributed by atoms with Gasteiger partial charge in [-0.15, -0.1) is 11.3 Å². The fraction of sp³-hybridized carbons (Fsp3) is 0.333. The number of rotatable bonds is 5. The van der Waals surface area contributed by atoms with Crippen LogP contribution in [0.4, 0.5) is 4.79 Å². The van der Waals surface area contributed by atoms with E-state index in [1.54, 1.807) is 12.1 Å². The highest BCUT2D eigenvalue weighted by Gasteiger charge is 2.54. The molecule has 1 atom stereocenters. The van der Waals surface area contributed by atoms with Gasteiger partial charge in [0.1, 0.15) is 5.54 Å². The van der Waals surface area contributed by atoms with Crippen molar-refractivity contribution in [2.75, 3.05) is 6.54 Å². The second-order valence-electron chi connectivity index (χ2n) is 7.34. The van der Waals surface area contributed by atoms with E-state index in [0.717, 1.165) is 33.7 Å². The zero-order chi connectivity index (χ0) is 20.6. The third-order valence-electron chi connectivity index (χ3n) is 5.40. The summed E-state index contributed by atoms with van der Waals surface area (Å²) in [6, 6.07) is 10.5. The predicted molar refractivity (Wildman–Crippen MR) is 107 cm³/mol. The summed E-state index contributed by atoms with van der Waals surface area (Å²) in [6.07, 6.45) is 2.19. The minimum atomic E-state index is -1.07. The van der Waals surface area contributed by atoms with E-state index < -0.39 is 11.6 Å². The number of carbonyl (C=O) groups is 4. The van der Waals surface area contributed by atoms with E-state index in [4.69, 9.17) is 0 Å². The van der Waals surface area contributed by atoms with Gasteiger partial charge in [-0.2, -0.15) is 0 Å². The van der Waals surface area contributed by atoms with E-state index >= 15 is 0 Å². The average molecular weight is 411 g/mol. The maximum Gasteiger partial charge on any atom is 0.325 e. The first-order valence-electron chi connectivity index (χ1n) is 9.49. The van der Waals surface area contributed by atoms with Gasteiger partial charge in [0.2, 0.25) is 5.91 Å². The number of urea groups is 1. The van der Waals surface area contributed by atoms with Gasteiger partial charge in [-0.05, 0) is 42.5 Å². The largest absolute Gasteiger partial charge is 0.351 e. The Bertz CT molecular complexity index is 1010. The van der Waals surface area contributed by atoms with Crippen molar-refractivity contribution in [3.05, 3.63) is 57.3 Å². The summed E-state index contributed by atoms with van der Waals surface area (Å²) in [4.78, 5) is 51.9. The average Bonchev–Trinajstić information content (AvgIpc) is 3.26. The van der Waals surface area contributed by atoms with Gasteiger partial charge in [-0.1, -0.05) is 24.3 Å². The zero-order valence-corrected chi connectivity index (χ0v) is 16.8. The first-order valence-corrected chi connectivity index (χ1v) is 10.3. The summed E-state index contributed by atoms with van der Waals surface area (Å²) in [6.45, 7) is 1.47. The molecular formula is C21H21N3O4S. The fourth-order valence-corrected chi connectivity index (χ4v) is 4.89. The highest BCUT2D eigenvalue weighted by molar-refractivity contribution is 7.14. The molecule has 2 aromatic rings. The van der Waals surface area contributed by atoms with Crippen LogP contribution in [0, 0.1) is 0 Å². The summed E-state index contributed by atoms with van der Waals surface area (Å²) in [5, 5.41) is 5.54.